The van der Waals surface area contributed by atoms with Crippen LogP contribution in [0.2, 0.25) is 5.02 Å². The summed E-state index contributed by atoms with van der Waals surface area (Å²) < 4.78 is 16.2. The van der Waals surface area contributed by atoms with Crippen molar-refractivity contribution < 1.29 is 19.0 Å². The molecule has 5 nitrogen and oxygen atoms in total. The summed E-state index contributed by atoms with van der Waals surface area (Å²) in [6.45, 7) is 2.64. The van der Waals surface area contributed by atoms with E-state index in [-0.39, 0.29) is 12.0 Å². The molecule has 1 amide bonds. The molecule has 0 heterocycles. The van der Waals surface area contributed by atoms with Gasteiger partial charge in [-0.1, -0.05) is 41.9 Å². The molecule has 134 valence electrons. The Morgan fingerprint density at radius 2 is 1.92 bits per heavy atom. The molecule has 1 unspecified atom stereocenters. The van der Waals surface area contributed by atoms with Gasteiger partial charge in [0.1, 0.15) is 0 Å². The van der Waals surface area contributed by atoms with Crippen LogP contribution in [0.15, 0.2) is 42.5 Å². The van der Waals surface area contributed by atoms with Crippen LogP contribution >= 0.6 is 11.6 Å². The zero-order valence-electron chi connectivity index (χ0n) is 14.5. The van der Waals surface area contributed by atoms with Crippen molar-refractivity contribution in [3.8, 4) is 11.5 Å². The zero-order chi connectivity index (χ0) is 18.2. The molecule has 0 aromatic heterocycles. The standard InChI is InChI=1S/C19H22ClNO4/c1-4-25-18-15(20)10-14(11-16(18)23-2)19(22)21-12-17(24-3)13-8-6-5-7-9-13/h5-11,17H,4,12H2,1-3H3,(H,21,22). The lowest BCUT2D eigenvalue weighted by atomic mass is 10.1. The molecule has 6 heteroatoms. The van der Waals surface area contributed by atoms with E-state index in [1.807, 2.05) is 37.3 Å². The van der Waals surface area contributed by atoms with Crippen molar-refractivity contribution in [2.75, 3.05) is 27.4 Å². The third-order valence-electron chi connectivity index (χ3n) is 3.68. The van der Waals surface area contributed by atoms with Crippen LogP contribution in [0.5, 0.6) is 11.5 Å². The van der Waals surface area contributed by atoms with Crippen LogP contribution in [0, 0.1) is 0 Å². The average molecular weight is 364 g/mol. The predicted octanol–water partition coefficient (Wildman–Crippen LogP) is 3.86. The van der Waals surface area contributed by atoms with E-state index in [0.717, 1.165) is 5.56 Å². The van der Waals surface area contributed by atoms with E-state index < -0.39 is 0 Å². The summed E-state index contributed by atoms with van der Waals surface area (Å²) >= 11 is 6.21. The topological polar surface area (TPSA) is 56.8 Å². The molecule has 2 aromatic rings. The Morgan fingerprint density at radius 1 is 1.20 bits per heavy atom. The number of ether oxygens (including phenoxy) is 3. The molecule has 0 aliphatic heterocycles. The monoisotopic (exact) mass is 363 g/mol. The van der Waals surface area contributed by atoms with Gasteiger partial charge in [0.2, 0.25) is 0 Å². The Morgan fingerprint density at radius 3 is 2.52 bits per heavy atom. The van der Waals surface area contributed by atoms with Crippen LogP contribution in [-0.4, -0.2) is 33.3 Å². The molecule has 1 atom stereocenters. The lowest BCUT2D eigenvalue weighted by Gasteiger charge is -2.17. The van der Waals surface area contributed by atoms with Crippen molar-refractivity contribution in [3.05, 3.63) is 58.6 Å². The average Bonchev–Trinajstić information content (AvgIpc) is 2.64. The maximum atomic E-state index is 12.5. The van der Waals surface area contributed by atoms with E-state index in [2.05, 4.69) is 5.32 Å². The SMILES string of the molecule is CCOc1c(Cl)cc(C(=O)NCC(OC)c2ccccc2)cc1OC. The Labute approximate surface area is 152 Å². The van der Waals surface area contributed by atoms with Crippen molar-refractivity contribution in [3.63, 3.8) is 0 Å². The van der Waals surface area contributed by atoms with Crippen molar-refractivity contribution in [2.45, 2.75) is 13.0 Å². The molecule has 2 aromatic carbocycles. The van der Waals surface area contributed by atoms with Crippen LogP contribution in [0.1, 0.15) is 28.9 Å². The van der Waals surface area contributed by atoms with Crippen LogP contribution in [0.3, 0.4) is 0 Å². The fraction of sp³-hybridized carbons (Fsp3) is 0.316. The molecular weight excluding hydrogens is 342 g/mol. The molecular formula is C19H22ClNO4. The normalized spacial score (nSPS) is 11.7. The smallest absolute Gasteiger partial charge is 0.251 e. The van der Waals surface area contributed by atoms with Gasteiger partial charge >= 0.3 is 0 Å². The lowest BCUT2D eigenvalue weighted by Crippen LogP contribution is -2.29. The summed E-state index contributed by atoms with van der Waals surface area (Å²) in [6, 6.07) is 12.9. The Hall–Kier alpha value is -2.24. The number of rotatable bonds is 8. The van der Waals surface area contributed by atoms with E-state index in [0.29, 0.717) is 35.2 Å². The third kappa shape index (κ3) is 4.87. The fourth-order valence-corrected chi connectivity index (χ4v) is 2.69. The second-order valence-corrected chi connectivity index (χ2v) is 5.67. The number of methoxy groups -OCH3 is 2. The number of carbonyl (C=O) groups is 1. The van der Waals surface area contributed by atoms with Crippen LogP contribution in [0.25, 0.3) is 0 Å². The number of benzene rings is 2. The van der Waals surface area contributed by atoms with Crippen molar-refractivity contribution in [1.82, 2.24) is 5.32 Å². The molecule has 0 radical (unpaired) electrons. The van der Waals surface area contributed by atoms with Gasteiger partial charge in [0.05, 0.1) is 24.8 Å². The minimum Gasteiger partial charge on any atom is -0.493 e. The summed E-state index contributed by atoms with van der Waals surface area (Å²) in [4.78, 5) is 12.5. The van der Waals surface area contributed by atoms with Gasteiger partial charge in [0.15, 0.2) is 11.5 Å². The van der Waals surface area contributed by atoms with E-state index in [9.17, 15) is 4.79 Å². The molecule has 0 bridgehead atoms. The predicted molar refractivity (Wildman–Crippen MR) is 97.7 cm³/mol. The van der Waals surface area contributed by atoms with Crippen molar-refractivity contribution in [2.24, 2.45) is 0 Å². The molecule has 1 N–H and O–H groups in total. The number of hydrogen-bond donors (Lipinski definition) is 1. The molecule has 0 saturated carbocycles. The van der Waals surface area contributed by atoms with Gasteiger partial charge in [-0.15, -0.1) is 0 Å². The van der Waals surface area contributed by atoms with Crippen LogP contribution < -0.4 is 14.8 Å². The minimum atomic E-state index is -0.263. The van der Waals surface area contributed by atoms with Gasteiger partial charge < -0.3 is 19.5 Å². The number of carbonyl (C=O) groups excluding carboxylic acids is 1. The summed E-state index contributed by atoms with van der Waals surface area (Å²) in [5.41, 5.74) is 1.39. The lowest BCUT2D eigenvalue weighted by molar-refractivity contribution is 0.0827. The largest absolute Gasteiger partial charge is 0.493 e. The van der Waals surface area contributed by atoms with Gasteiger partial charge in [-0.2, -0.15) is 0 Å². The number of nitrogens with one attached hydrogen (secondary N) is 1. The fourth-order valence-electron chi connectivity index (χ4n) is 2.43. The first-order valence-electron chi connectivity index (χ1n) is 7.97. The van der Waals surface area contributed by atoms with Crippen molar-refractivity contribution >= 4 is 17.5 Å². The summed E-state index contributed by atoms with van der Waals surface area (Å²) in [7, 11) is 3.12. The molecule has 25 heavy (non-hydrogen) atoms. The Balaban J connectivity index is 2.11. The molecule has 0 saturated heterocycles. The highest BCUT2D eigenvalue weighted by Crippen LogP contribution is 2.36. The number of halogens is 1. The van der Waals surface area contributed by atoms with Crippen LogP contribution in [-0.2, 0) is 4.74 Å². The highest BCUT2D eigenvalue weighted by molar-refractivity contribution is 6.32. The molecule has 0 aliphatic carbocycles. The highest BCUT2D eigenvalue weighted by Gasteiger charge is 2.17. The third-order valence-corrected chi connectivity index (χ3v) is 3.96. The number of amides is 1. The first-order chi connectivity index (χ1) is 12.1. The quantitative estimate of drug-likeness (QED) is 0.773. The Kier molecular flexibility index (Phi) is 7.10. The summed E-state index contributed by atoms with van der Waals surface area (Å²) in [6.07, 6.45) is -0.231. The minimum absolute atomic E-state index is 0.231. The van der Waals surface area contributed by atoms with Gasteiger partial charge in [-0.25, -0.2) is 0 Å². The van der Waals surface area contributed by atoms with Crippen molar-refractivity contribution in [1.29, 1.82) is 0 Å². The van der Waals surface area contributed by atoms with Gasteiger partial charge in [-0.3, -0.25) is 4.79 Å². The van der Waals surface area contributed by atoms with Gasteiger partial charge in [0.25, 0.3) is 5.91 Å². The van der Waals surface area contributed by atoms with E-state index in [4.69, 9.17) is 25.8 Å². The highest BCUT2D eigenvalue weighted by atomic mass is 35.5. The zero-order valence-corrected chi connectivity index (χ0v) is 15.3. The first-order valence-corrected chi connectivity index (χ1v) is 8.34. The second-order valence-electron chi connectivity index (χ2n) is 5.27. The molecule has 2 rings (SSSR count). The first kappa shape index (κ1) is 19.1. The molecule has 0 aliphatic rings. The van der Waals surface area contributed by atoms with E-state index in [1.165, 1.54) is 7.11 Å². The van der Waals surface area contributed by atoms with Gasteiger partial charge in [0, 0.05) is 19.2 Å². The summed E-state index contributed by atoms with van der Waals surface area (Å²) in [5.74, 6) is 0.592. The second kappa shape index (κ2) is 9.30. The Bertz CT molecular complexity index is 706. The summed E-state index contributed by atoms with van der Waals surface area (Å²) in [5, 5.41) is 3.19. The maximum absolute atomic E-state index is 12.5. The van der Waals surface area contributed by atoms with E-state index >= 15 is 0 Å². The van der Waals surface area contributed by atoms with Crippen LogP contribution in [0.4, 0.5) is 0 Å². The molecule has 0 fully saturated rings. The number of hydrogen-bond acceptors (Lipinski definition) is 4. The molecule has 0 spiro atoms. The van der Waals surface area contributed by atoms with Gasteiger partial charge in [-0.05, 0) is 24.6 Å². The maximum Gasteiger partial charge on any atom is 0.251 e. The van der Waals surface area contributed by atoms with E-state index in [1.54, 1.807) is 19.2 Å².